The number of carbonyl (C=O) groups is 3. The van der Waals surface area contributed by atoms with Crippen LogP contribution in [0.25, 0.3) is 0 Å². The summed E-state index contributed by atoms with van der Waals surface area (Å²) < 4.78 is 5.59. The van der Waals surface area contributed by atoms with Crippen molar-refractivity contribution in [1.82, 2.24) is 20.9 Å². The van der Waals surface area contributed by atoms with Crippen LogP contribution in [0, 0.1) is 11.3 Å². The van der Waals surface area contributed by atoms with E-state index in [-0.39, 0.29) is 36.2 Å². The third kappa shape index (κ3) is 5.11. The van der Waals surface area contributed by atoms with Gasteiger partial charge < -0.3 is 20.7 Å². The molecule has 3 amide bonds. The quantitative estimate of drug-likeness (QED) is 0.566. The molecule has 0 aromatic rings. The van der Waals surface area contributed by atoms with Gasteiger partial charge in [0.15, 0.2) is 0 Å². The van der Waals surface area contributed by atoms with Gasteiger partial charge in [-0.2, -0.15) is 0 Å². The molecular weight excluding hydrogens is 360 g/mol. The first-order valence-corrected chi connectivity index (χ1v) is 10.3. The van der Waals surface area contributed by atoms with Crippen LogP contribution in [-0.2, 0) is 19.1 Å². The Hall–Kier alpha value is -1.93. The lowest BCUT2D eigenvalue weighted by Crippen LogP contribution is -2.53. The van der Waals surface area contributed by atoms with Crippen molar-refractivity contribution in [3.8, 4) is 0 Å². The number of likely N-dealkylation sites (N-methyl/N-ethyl adjacent to an activating group) is 1. The number of likely N-dealkylation sites (tertiary alicyclic amines) is 1. The highest BCUT2D eigenvalue weighted by atomic mass is 16.5. The Labute approximate surface area is 166 Å². The van der Waals surface area contributed by atoms with Crippen molar-refractivity contribution in [1.29, 1.82) is 0 Å². The van der Waals surface area contributed by atoms with Crippen molar-refractivity contribution in [3.05, 3.63) is 12.2 Å². The van der Waals surface area contributed by atoms with Gasteiger partial charge in [0.25, 0.3) is 0 Å². The van der Waals surface area contributed by atoms with Crippen LogP contribution in [0.15, 0.2) is 12.2 Å². The molecule has 8 heteroatoms. The molecule has 3 N–H and O–H groups in total. The number of allylic oxidation sites excluding steroid dienone is 2. The fraction of sp³-hybridized carbons (Fsp3) is 0.750. The lowest BCUT2D eigenvalue weighted by atomic mass is 9.74. The smallest absolute Gasteiger partial charge is 0.239 e. The van der Waals surface area contributed by atoms with Crippen LogP contribution in [0.4, 0.5) is 0 Å². The Morgan fingerprint density at radius 3 is 2.86 bits per heavy atom. The molecule has 28 heavy (non-hydrogen) atoms. The van der Waals surface area contributed by atoms with Gasteiger partial charge in [-0.1, -0.05) is 12.2 Å². The highest BCUT2D eigenvalue weighted by Gasteiger charge is 2.41. The molecular formula is C20H32N4O4. The van der Waals surface area contributed by atoms with Gasteiger partial charge >= 0.3 is 0 Å². The predicted molar refractivity (Wildman–Crippen MR) is 104 cm³/mol. The third-order valence-electron chi connectivity index (χ3n) is 6.29. The van der Waals surface area contributed by atoms with Crippen LogP contribution < -0.4 is 16.0 Å². The molecule has 2 saturated heterocycles. The fourth-order valence-electron chi connectivity index (χ4n) is 4.35. The normalized spacial score (nSPS) is 30.2. The average molecular weight is 393 g/mol. The molecule has 1 spiro atoms. The van der Waals surface area contributed by atoms with E-state index in [1.165, 1.54) is 0 Å². The first-order chi connectivity index (χ1) is 13.5. The minimum absolute atomic E-state index is 0.0102. The molecule has 8 nitrogen and oxygen atoms in total. The van der Waals surface area contributed by atoms with E-state index in [0.717, 1.165) is 12.8 Å². The van der Waals surface area contributed by atoms with Crippen LogP contribution >= 0.6 is 0 Å². The Morgan fingerprint density at radius 1 is 1.32 bits per heavy atom. The maximum absolute atomic E-state index is 13.0. The lowest BCUT2D eigenvalue weighted by molar-refractivity contribution is -0.136. The van der Waals surface area contributed by atoms with E-state index in [1.54, 1.807) is 7.05 Å². The second-order valence-electron chi connectivity index (χ2n) is 8.12. The first kappa shape index (κ1) is 20.8. The highest BCUT2D eigenvalue weighted by molar-refractivity contribution is 5.88. The summed E-state index contributed by atoms with van der Waals surface area (Å²) in [5.74, 6) is 0.0624. The van der Waals surface area contributed by atoms with Gasteiger partial charge in [0.05, 0.1) is 25.1 Å². The van der Waals surface area contributed by atoms with E-state index < -0.39 is 5.41 Å². The van der Waals surface area contributed by atoms with Crippen LogP contribution in [0.1, 0.15) is 32.1 Å². The number of carbonyl (C=O) groups excluding carboxylic acids is 3. The first-order valence-electron chi connectivity index (χ1n) is 10.3. The summed E-state index contributed by atoms with van der Waals surface area (Å²) in [5.41, 5.74) is -0.516. The monoisotopic (exact) mass is 392 g/mol. The zero-order chi connectivity index (χ0) is 20.0. The number of hydrogen-bond donors (Lipinski definition) is 3. The highest BCUT2D eigenvalue weighted by Crippen LogP contribution is 2.36. The topological polar surface area (TPSA) is 99.8 Å². The number of amides is 3. The van der Waals surface area contributed by atoms with Crippen molar-refractivity contribution in [2.45, 2.75) is 38.1 Å². The summed E-state index contributed by atoms with van der Waals surface area (Å²) in [7, 11) is 1.63. The standard InChI is InChI=1S/C20H32N4O4/c1-21-18(26)13-24-9-7-20(8-10-24)6-3-2-4-15-14-28-11-5-16(15)23-17(25)12-22-19(20)27/h2-3,15-16H,4-14H2,1H3,(H,21,26)(H,22,27)(H,23,25)/b3-2+/t15-,16-/m0/s1. The molecule has 0 radical (unpaired) electrons. The molecule has 2 fully saturated rings. The number of hydrogen-bond acceptors (Lipinski definition) is 5. The van der Waals surface area contributed by atoms with E-state index in [4.69, 9.17) is 4.74 Å². The van der Waals surface area contributed by atoms with E-state index in [2.05, 4.69) is 33.0 Å². The van der Waals surface area contributed by atoms with E-state index >= 15 is 0 Å². The molecule has 2 atom stereocenters. The van der Waals surface area contributed by atoms with E-state index in [1.807, 2.05) is 0 Å². The van der Waals surface area contributed by atoms with Crippen molar-refractivity contribution < 1.29 is 19.1 Å². The summed E-state index contributed by atoms with van der Waals surface area (Å²) in [6, 6.07) is 0.101. The van der Waals surface area contributed by atoms with Gasteiger partial charge in [-0.15, -0.1) is 0 Å². The molecule has 3 aliphatic rings. The van der Waals surface area contributed by atoms with Crippen molar-refractivity contribution in [3.63, 3.8) is 0 Å². The number of ether oxygens (including phenoxy) is 1. The molecule has 156 valence electrons. The molecule has 3 heterocycles. The summed E-state index contributed by atoms with van der Waals surface area (Å²) >= 11 is 0. The van der Waals surface area contributed by atoms with Crippen molar-refractivity contribution >= 4 is 17.7 Å². The molecule has 0 saturated carbocycles. The summed E-state index contributed by atoms with van der Waals surface area (Å²) in [5, 5.41) is 8.56. The summed E-state index contributed by atoms with van der Waals surface area (Å²) in [6.07, 6.45) is 7.91. The van der Waals surface area contributed by atoms with Crippen molar-refractivity contribution in [2.75, 3.05) is 46.4 Å². The lowest BCUT2D eigenvalue weighted by Gasteiger charge is -2.40. The van der Waals surface area contributed by atoms with Crippen molar-refractivity contribution in [2.24, 2.45) is 11.3 Å². The average Bonchev–Trinajstić information content (AvgIpc) is 2.71. The SMILES string of the molecule is CNC(=O)CN1CCC2(C/C=C/C[C@H]3COCC[C@@H]3NC(=O)CNC2=O)CC1. The van der Waals surface area contributed by atoms with E-state index in [9.17, 15) is 14.4 Å². The molecule has 0 aliphatic carbocycles. The number of rotatable bonds is 2. The van der Waals surface area contributed by atoms with Crippen LogP contribution in [0.2, 0.25) is 0 Å². The molecule has 3 aliphatic heterocycles. The molecule has 0 aromatic heterocycles. The van der Waals surface area contributed by atoms with Gasteiger partial charge in [0, 0.05) is 25.6 Å². The Morgan fingerprint density at radius 2 is 2.11 bits per heavy atom. The molecule has 0 aromatic carbocycles. The van der Waals surface area contributed by atoms with Gasteiger partial charge in [-0.3, -0.25) is 19.3 Å². The maximum Gasteiger partial charge on any atom is 0.239 e. The molecule has 0 unspecified atom stereocenters. The zero-order valence-electron chi connectivity index (χ0n) is 16.7. The fourth-order valence-corrected chi connectivity index (χ4v) is 4.35. The molecule has 0 bridgehead atoms. The van der Waals surface area contributed by atoms with Gasteiger partial charge in [-0.05, 0) is 45.2 Å². The number of nitrogens with zero attached hydrogens (tertiary/aromatic N) is 1. The number of nitrogens with one attached hydrogen (secondary N) is 3. The predicted octanol–water partition coefficient (Wildman–Crippen LogP) is -0.198. The van der Waals surface area contributed by atoms with Crippen LogP contribution in [0.3, 0.4) is 0 Å². The Bertz CT molecular complexity index is 613. The third-order valence-corrected chi connectivity index (χ3v) is 6.29. The number of piperidine rings is 1. The minimum atomic E-state index is -0.516. The second kappa shape index (κ2) is 9.52. The van der Waals surface area contributed by atoms with E-state index in [0.29, 0.717) is 52.1 Å². The Kier molecular flexibility index (Phi) is 7.07. The van der Waals surface area contributed by atoms with Crippen LogP contribution in [-0.4, -0.2) is 75.1 Å². The van der Waals surface area contributed by atoms with Gasteiger partial charge in [0.1, 0.15) is 0 Å². The van der Waals surface area contributed by atoms with Gasteiger partial charge in [0.2, 0.25) is 17.7 Å². The zero-order valence-corrected chi connectivity index (χ0v) is 16.7. The van der Waals surface area contributed by atoms with Crippen LogP contribution in [0.5, 0.6) is 0 Å². The summed E-state index contributed by atoms with van der Waals surface area (Å²) in [4.78, 5) is 39.0. The second-order valence-corrected chi connectivity index (χ2v) is 8.12. The largest absolute Gasteiger partial charge is 0.381 e. The number of fused-ring (bicyclic) bond motifs is 1. The summed E-state index contributed by atoms with van der Waals surface area (Å²) in [6.45, 7) is 3.07. The minimum Gasteiger partial charge on any atom is -0.381 e. The van der Waals surface area contributed by atoms with Gasteiger partial charge in [-0.25, -0.2) is 0 Å². The maximum atomic E-state index is 13.0. The molecule has 3 rings (SSSR count). The Balaban J connectivity index is 1.67.